The zero-order chi connectivity index (χ0) is 14.8. The molecule has 0 aliphatic carbocycles. The fraction of sp³-hybridized carbons (Fsp3) is 0.941. The topological polar surface area (TPSA) is 23.6 Å². The minimum absolute atomic E-state index is 0.167. The van der Waals surface area contributed by atoms with Crippen LogP contribution in [0.4, 0.5) is 0 Å². The van der Waals surface area contributed by atoms with Crippen molar-refractivity contribution in [2.75, 3.05) is 32.7 Å². The minimum atomic E-state index is -0.167. The molecule has 0 bridgehead atoms. The number of Topliss-reactive ketones (excluding diaryl/α,β-unsaturated/α-hetero) is 1. The van der Waals surface area contributed by atoms with E-state index in [-0.39, 0.29) is 5.41 Å². The highest BCUT2D eigenvalue weighted by molar-refractivity contribution is 5.86. The van der Waals surface area contributed by atoms with Gasteiger partial charge >= 0.3 is 0 Å². The van der Waals surface area contributed by atoms with Crippen LogP contribution in [-0.2, 0) is 4.79 Å². The Kier molecular flexibility index (Phi) is 5.25. The van der Waals surface area contributed by atoms with Gasteiger partial charge in [0.2, 0.25) is 0 Å². The molecule has 2 rings (SSSR count). The highest BCUT2D eigenvalue weighted by Gasteiger charge is 2.34. The van der Waals surface area contributed by atoms with Crippen LogP contribution < -0.4 is 0 Å². The molecule has 0 saturated carbocycles. The average molecular weight is 280 g/mol. The molecule has 3 heteroatoms. The lowest BCUT2D eigenvalue weighted by Crippen LogP contribution is -2.48. The van der Waals surface area contributed by atoms with Gasteiger partial charge in [-0.2, -0.15) is 0 Å². The number of hydrogen-bond acceptors (Lipinski definition) is 3. The summed E-state index contributed by atoms with van der Waals surface area (Å²) in [4.78, 5) is 17.6. The van der Waals surface area contributed by atoms with Gasteiger partial charge in [-0.05, 0) is 58.4 Å². The number of ketones is 1. The summed E-state index contributed by atoms with van der Waals surface area (Å²) >= 11 is 0. The molecule has 2 fully saturated rings. The van der Waals surface area contributed by atoms with E-state index in [1.54, 1.807) is 0 Å². The molecule has 2 aliphatic heterocycles. The van der Waals surface area contributed by atoms with Crippen LogP contribution in [0.3, 0.4) is 0 Å². The zero-order valence-corrected chi connectivity index (χ0v) is 13.8. The van der Waals surface area contributed by atoms with Crippen molar-refractivity contribution < 1.29 is 4.79 Å². The molecule has 2 heterocycles. The predicted molar refractivity (Wildman–Crippen MR) is 83.9 cm³/mol. The first-order valence-corrected chi connectivity index (χ1v) is 8.42. The number of nitrogens with zero attached hydrogens (tertiary/aromatic N) is 2. The molecular weight excluding hydrogens is 248 g/mol. The molecule has 0 radical (unpaired) electrons. The van der Waals surface area contributed by atoms with Crippen LogP contribution in [0.15, 0.2) is 0 Å². The molecule has 0 amide bonds. The second-order valence-corrected chi connectivity index (χ2v) is 7.59. The fourth-order valence-electron chi connectivity index (χ4n) is 3.74. The summed E-state index contributed by atoms with van der Waals surface area (Å²) in [6.45, 7) is 14.4. The van der Waals surface area contributed by atoms with Gasteiger partial charge in [0.15, 0.2) is 0 Å². The number of carbonyl (C=O) groups excluding carboxylic acids is 1. The normalized spacial score (nSPS) is 25.0. The van der Waals surface area contributed by atoms with E-state index in [1.165, 1.54) is 32.5 Å². The molecule has 3 nitrogen and oxygen atoms in total. The lowest BCUT2D eigenvalue weighted by molar-refractivity contribution is -0.132. The molecule has 0 aromatic rings. The summed E-state index contributed by atoms with van der Waals surface area (Å²) in [7, 11) is 0. The van der Waals surface area contributed by atoms with Crippen molar-refractivity contribution in [3.05, 3.63) is 0 Å². The van der Waals surface area contributed by atoms with Crippen LogP contribution in [0.5, 0.6) is 0 Å². The van der Waals surface area contributed by atoms with Crippen molar-refractivity contribution in [1.82, 2.24) is 9.80 Å². The van der Waals surface area contributed by atoms with E-state index in [1.807, 2.05) is 0 Å². The third-order valence-corrected chi connectivity index (χ3v) is 5.16. The minimum Gasteiger partial charge on any atom is -0.303 e. The Morgan fingerprint density at radius 1 is 1.00 bits per heavy atom. The largest absolute Gasteiger partial charge is 0.303 e. The van der Waals surface area contributed by atoms with Crippen LogP contribution in [-0.4, -0.2) is 54.3 Å². The van der Waals surface area contributed by atoms with Crippen molar-refractivity contribution in [1.29, 1.82) is 0 Å². The van der Waals surface area contributed by atoms with Crippen LogP contribution >= 0.6 is 0 Å². The molecule has 116 valence electrons. The van der Waals surface area contributed by atoms with E-state index >= 15 is 0 Å². The monoisotopic (exact) mass is 280 g/mol. The SMILES string of the molecule is CCN1CCC(N2CCC(C(=O)C(C)(C)C)CC2)CC1. The summed E-state index contributed by atoms with van der Waals surface area (Å²) in [6, 6.07) is 0.767. The summed E-state index contributed by atoms with van der Waals surface area (Å²) < 4.78 is 0. The van der Waals surface area contributed by atoms with Crippen molar-refractivity contribution in [2.24, 2.45) is 11.3 Å². The van der Waals surface area contributed by atoms with Crippen LogP contribution in [0.25, 0.3) is 0 Å². The Morgan fingerprint density at radius 2 is 1.55 bits per heavy atom. The first-order chi connectivity index (χ1) is 9.41. The van der Waals surface area contributed by atoms with Crippen molar-refractivity contribution in [2.45, 2.75) is 59.4 Å². The molecule has 0 N–H and O–H groups in total. The van der Waals surface area contributed by atoms with E-state index in [9.17, 15) is 4.79 Å². The molecule has 2 aliphatic rings. The van der Waals surface area contributed by atoms with E-state index in [4.69, 9.17) is 0 Å². The number of hydrogen-bond donors (Lipinski definition) is 0. The predicted octanol–water partition coefficient (Wildman–Crippen LogP) is 2.80. The third-order valence-electron chi connectivity index (χ3n) is 5.16. The number of rotatable bonds is 3. The van der Waals surface area contributed by atoms with E-state index in [0.717, 1.165) is 32.0 Å². The van der Waals surface area contributed by atoms with Crippen LogP contribution in [0.1, 0.15) is 53.4 Å². The van der Waals surface area contributed by atoms with Crippen LogP contribution in [0.2, 0.25) is 0 Å². The van der Waals surface area contributed by atoms with Gasteiger partial charge in [0.1, 0.15) is 5.78 Å². The van der Waals surface area contributed by atoms with Gasteiger partial charge in [-0.1, -0.05) is 27.7 Å². The second kappa shape index (κ2) is 6.57. The summed E-state index contributed by atoms with van der Waals surface area (Å²) in [5, 5.41) is 0. The van der Waals surface area contributed by atoms with E-state index in [2.05, 4.69) is 37.5 Å². The lowest BCUT2D eigenvalue weighted by Gasteiger charge is -2.42. The van der Waals surface area contributed by atoms with Gasteiger partial charge in [0.05, 0.1) is 0 Å². The van der Waals surface area contributed by atoms with Crippen molar-refractivity contribution >= 4 is 5.78 Å². The molecule has 20 heavy (non-hydrogen) atoms. The summed E-state index contributed by atoms with van der Waals surface area (Å²) in [6.07, 6.45) is 4.77. The summed E-state index contributed by atoms with van der Waals surface area (Å²) in [5.74, 6) is 0.778. The number of likely N-dealkylation sites (tertiary alicyclic amines) is 2. The Labute approximate surface area is 124 Å². The molecular formula is C17H32N2O. The zero-order valence-electron chi connectivity index (χ0n) is 13.8. The first-order valence-electron chi connectivity index (χ1n) is 8.42. The van der Waals surface area contributed by atoms with Gasteiger partial charge in [-0.3, -0.25) is 4.79 Å². The molecule has 0 atom stereocenters. The third kappa shape index (κ3) is 3.82. The Morgan fingerprint density at radius 3 is 2.00 bits per heavy atom. The van der Waals surface area contributed by atoms with Gasteiger partial charge < -0.3 is 9.80 Å². The highest BCUT2D eigenvalue weighted by Crippen LogP contribution is 2.29. The van der Waals surface area contributed by atoms with Crippen LogP contribution in [0, 0.1) is 11.3 Å². The summed E-state index contributed by atoms with van der Waals surface area (Å²) in [5.41, 5.74) is -0.167. The molecule has 0 aromatic heterocycles. The highest BCUT2D eigenvalue weighted by atomic mass is 16.1. The molecule has 2 saturated heterocycles. The quantitative estimate of drug-likeness (QED) is 0.794. The Hall–Kier alpha value is -0.410. The van der Waals surface area contributed by atoms with Gasteiger partial charge in [0.25, 0.3) is 0 Å². The first kappa shape index (κ1) is 16.0. The second-order valence-electron chi connectivity index (χ2n) is 7.59. The lowest BCUT2D eigenvalue weighted by atomic mass is 9.78. The smallest absolute Gasteiger partial charge is 0.141 e. The maximum atomic E-state index is 12.4. The Balaban J connectivity index is 1.79. The molecule has 0 unspecified atom stereocenters. The van der Waals surface area contributed by atoms with Gasteiger partial charge in [0, 0.05) is 17.4 Å². The molecule has 0 aromatic carbocycles. The van der Waals surface area contributed by atoms with E-state index < -0.39 is 0 Å². The number of carbonyl (C=O) groups is 1. The fourth-order valence-corrected chi connectivity index (χ4v) is 3.74. The van der Waals surface area contributed by atoms with Crippen molar-refractivity contribution in [3.8, 4) is 0 Å². The van der Waals surface area contributed by atoms with E-state index in [0.29, 0.717) is 11.7 Å². The standard InChI is InChI=1S/C17H32N2O/c1-5-18-10-8-15(9-11-18)19-12-6-14(7-13-19)16(20)17(2,3)4/h14-15H,5-13H2,1-4H3. The molecule has 0 spiro atoms. The number of piperidine rings is 2. The van der Waals surface area contributed by atoms with Crippen molar-refractivity contribution in [3.63, 3.8) is 0 Å². The maximum Gasteiger partial charge on any atom is 0.141 e. The maximum absolute atomic E-state index is 12.4. The average Bonchev–Trinajstić information content (AvgIpc) is 2.46. The van der Waals surface area contributed by atoms with Gasteiger partial charge in [-0.25, -0.2) is 0 Å². The Bertz CT molecular complexity index is 318. The van der Waals surface area contributed by atoms with Gasteiger partial charge in [-0.15, -0.1) is 0 Å².